The molecule has 0 radical (unpaired) electrons. The molecule has 3 amide bonds. The highest BCUT2D eigenvalue weighted by molar-refractivity contribution is 6.14. The summed E-state index contributed by atoms with van der Waals surface area (Å²) in [7, 11) is 0. The maximum atomic E-state index is 12.8. The van der Waals surface area contributed by atoms with Crippen LogP contribution in [0, 0.1) is 6.92 Å². The average Bonchev–Trinajstić information content (AvgIpc) is 3.23. The van der Waals surface area contributed by atoms with Crippen LogP contribution in [0.1, 0.15) is 23.6 Å². The molecule has 1 N–H and O–H groups in total. The van der Waals surface area contributed by atoms with Crippen LogP contribution in [0.2, 0.25) is 0 Å². The van der Waals surface area contributed by atoms with Crippen molar-refractivity contribution in [3.05, 3.63) is 58.8 Å². The Morgan fingerprint density at radius 1 is 1.14 bits per heavy atom. The van der Waals surface area contributed by atoms with Crippen LogP contribution in [-0.4, -0.2) is 30.2 Å². The number of carbonyl (C=O) groups excluding carboxylic acids is 2. The largest absolute Gasteiger partial charge is 0.493 e. The third-order valence-corrected chi connectivity index (χ3v) is 4.53. The van der Waals surface area contributed by atoms with Crippen molar-refractivity contribution in [2.75, 3.05) is 13.4 Å². The van der Waals surface area contributed by atoms with E-state index in [1.165, 1.54) is 4.90 Å². The lowest BCUT2D eigenvalue weighted by Gasteiger charge is -2.12. The Morgan fingerprint density at radius 2 is 1.86 bits per heavy atom. The average molecular weight is 380 g/mol. The maximum absolute atomic E-state index is 12.8. The van der Waals surface area contributed by atoms with Crippen LogP contribution in [0.25, 0.3) is 6.08 Å². The topological polar surface area (TPSA) is 77.1 Å². The second-order valence-electron chi connectivity index (χ2n) is 6.54. The zero-order valence-electron chi connectivity index (χ0n) is 15.7. The van der Waals surface area contributed by atoms with Gasteiger partial charge in [0.15, 0.2) is 11.5 Å². The summed E-state index contributed by atoms with van der Waals surface area (Å²) >= 11 is 0. The molecule has 2 aromatic rings. The van der Waals surface area contributed by atoms with Gasteiger partial charge in [0.25, 0.3) is 5.91 Å². The molecule has 1 fully saturated rings. The number of nitrogens with zero attached hydrogens (tertiary/aromatic N) is 1. The number of hydrogen-bond donors (Lipinski definition) is 1. The van der Waals surface area contributed by atoms with E-state index in [-0.39, 0.29) is 24.9 Å². The second kappa shape index (κ2) is 7.26. The molecule has 28 heavy (non-hydrogen) atoms. The molecule has 0 spiro atoms. The minimum Gasteiger partial charge on any atom is -0.493 e. The van der Waals surface area contributed by atoms with Crippen molar-refractivity contribution < 1.29 is 23.8 Å². The Bertz CT molecular complexity index is 966. The molecule has 144 valence electrons. The first-order valence-corrected chi connectivity index (χ1v) is 9.01. The summed E-state index contributed by atoms with van der Waals surface area (Å²) in [6, 6.07) is 10.7. The third-order valence-electron chi connectivity index (χ3n) is 4.53. The van der Waals surface area contributed by atoms with Gasteiger partial charge in [0.05, 0.1) is 13.2 Å². The van der Waals surface area contributed by atoms with Crippen molar-refractivity contribution in [3.8, 4) is 17.2 Å². The SMILES string of the molecule is CCOc1cc2c(cc1/C=C1/NC(=O)N(Cc3ccc(C)cc3)C1=O)OCO2. The van der Waals surface area contributed by atoms with Crippen LogP contribution in [0.4, 0.5) is 4.79 Å². The number of fused-ring (bicyclic) bond motifs is 1. The maximum Gasteiger partial charge on any atom is 0.329 e. The van der Waals surface area contributed by atoms with E-state index < -0.39 is 6.03 Å². The van der Waals surface area contributed by atoms with Crippen LogP contribution in [0.3, 0.4) is 0 Å². The van der Waals surface area contributed by atoms with Gasteiger partial charge in [-0.2, -0.15) is 0 Å². The number of urea groups is 1. The molecule has 2 heterocycles. The number of aryl methyl sites for hydroxylation is 1. The Balaban J connectivity index is 1.61. The Labute approximate surface area is 162 Å². The van der Waals surface area contributed by atoms with Gasteiger partial charge in [0.2, 0.25) is 6.79 Å². The van der Waals surface area contributed by atoms with E-state index in [1.807, 2.05) is 38.1 Å². The van der Waals surface area contributed by atoms with Gasteiger partial charge in [-0.15, -0.1) is 0 Å². The third kappa shape index (κ3) is 3.38. The highest BCUT2D eigenvalue weighted by Gasteiger charge is 2.34. The normalized spacial score (nSPS) is 16.6. The van der Waals surface area contributed by atoms with Crippen LogP contribution in [-0.2, 0) is 11.3 Å². The van der Waals surface area contributed by atoms with Crippen molar-refractivity contribution in [2.24, 2.45) is 0 Å². The fourth-order valence-electron chi connectivity index (χ4n) is 3.08. The number of amides is 3. The molecule has 0 aliphatic carbocycles. The number of carbonyl (C=O) groups is 2. The molecule has 7 nitrogen and oxygen atoms in total. The molecule has 0 atom stereocenters. The molecular weight excluding hydrogens is 360 g/mol. The molecular formula is C21H20N2O5. The number of ether oxygens (including phenoxy) is 3. The van der Waals surface area contributed by atoms with Gasteiger partial charge in [0.1, 0.15) is 11.4 Å². The molecule has 1 saturated heterocycles. The summed E-state index contributed by atoms with van der Waals surface area (Å²) in [6.45, 7) is 4.66. The number of benzene rings is 2. The summed E-state index contributed by atoms with van der Waals surface area (Å²) in [4.78, 5) is 26.3. The molecule has 7 heteroatoms. The van der Waals surface area contributed by atoms with Gasteiger partial charge in [0, 0.05) is 11.6 Å². The Kier molecular flexibility index (Phi) is 4.65. The fourth-order valence-corrected chi connectivity index (χ4v) is 3.08. The molecule has 0 saturated carbocycles. The Morgan fingerprint density at radius 3 is 2.57 bits per heavy atom. The molecule has 4 rings (SSSR count). The van der Waals surface area contributed by atoms with Crippen molar-refractivity contribution in [1.82, 2.24) is 10.2 Å². The zero-order chi connectivity index (χ0) is 19.7. The first-order chi connectivity index (χ1) is 13.5. The predicted octanol–water partition coefficient (Wildman–Crippen LogP) is 3.22. The smallest absolute Gasteiger partial charge is 0.329 e. The number of hydrogen-bond acceptors (Lipinski definition) is 5. The highest BCUT2D eigenvalue weighted by Crippen LogP contribution is 2.39. The van der Waals surface area contributed by atoms with Crippen LogP contribution < -0.4 is 19.5 Å². The van der Waals surface area contributed by atoms with E-state index in [0.717, 1.165) is 11.1 Å². The molecule has 2 aliphatic rings. The van der Waals surface area contributed by atoms with Crippen LogP contribution in [0.5, 0.6) is 17.2 Å². The summed E-state index contributed by atoms with van der Waals surface area (Å²) in [5.41, 5.74) is 2.82. The number of nitrogens with one attached hydrogen (secondary N) is 1. The van der Waals surface area contributed by atoms with Gasteiger partial charge in [-0.25, -0.2) is 4.79 Å². The summed E-state index contributed by atoms with van der Waals surface area (Å²) in [5.74, 6) is 1.33. The van der Waals surface area contributed by atoms with Crippen LogP contribution in [0.15, 0.2) is 42.1 Å². The first-order valence-electron chi connectivity index (χ1n) is 9.01. The lowest BCUT2D eigenvalue weighted by atomic mass is 10.1. The van der Waals surface area contributed by atoms with Crippen molar-refractivity contribution >= 4 is 18.0 Å². The van der Waals surface area contributed by atoms with Gasteiger partial charge in [-0.05, 0) is 31.6 Å². The van der Waals surface area contributed by atoms with Gasteiger partial charge in [-0.1, -0.05) is 29.8 Å². The van der Waals surface area contributed by atoms with Gasteiger partial charge >= 0.3 is 6.03 Å². The Hall–Kier alpha value is -3.48. The molecule has 0 unspecified atom stereocenters. The first kappa shape index (κ1) is 17.9. The van der Waals surface area contributed by atoms with E-state index in [2.05, 4.69) is 5.32 Å². The molecule has 2 aliphatic heterocycles. The van der Waals surface area contributed by atoms with Crippen molar-refractivity contribution in [3.63, 3.8) is 0 Å². The van der Waals surface area contributed by atoms with Gasteiger partial charge in [-0.3, -0.25) is 9.69 Å². The molecule has 2 aromatic carbocycles. The van der Waals surface area contributed by atoms with E-state index >= 15 is 0 Å². The highest BCUT2D eigenvalue weighted by atomic mass is 16.7. The van der Waals surface area contributed by atoms with E-state index in [0.29, 0.717) is 29.4 Å². The van der Waals surface area contributed by atoms with E-state index in [1.54, 1.807) is 18.2 Å². The summed E-state index contributed by atoms with van der Waals surface area (Å²) in [6.07, 6.45) is 1.60. The fraction of sp³-hybridized carbons (Fsp3) is 0.238. The molecule has 0 bridgehead atoms. The van der Waals surface area contributed by atoms with E-state index in [9.17, 15) is 9.59 Å². The van der Waals surface area contributed by atoms with Gasteiger partial charge < -0.3 is 19.5 Å². The van der Waals surface area contributed by atoms with Crippen molar-refractivity contribution in [2.45, 2.75) is 20.4 Å². The predicted molar refractivity (Wildman–Crippen MR) is 102 cm³/mol. The minimum absolute atomic E-state index is 0.140. The lowest BCUT2D eigenvalue weighted by molar-refractivity contribution is -0.123. The number of imide groups is 1. The second-order valence-corrected chi connectivity index (χ2v) is 6.54. The number of rotatable bonds is 5. The monoisotopic (exact) mass is 380 g/mol. The van der Waals surface area contributed by atoms with Crippen molar-refractivity contribution in [1.29, 1.82) is 0 Å². The minimum atomic E-state index is -0.449. The van der Waals surface area contributed by atoms with Crippen LogP contribution >= 0.6 is 0 Å². The van der Waals surface area contributed by atoms with E-state index in [4.69, 9.17) is 14.2 Å². The quantitative estimate of drug-likeness (QED) is 0.637. The lowest BCUT2D eigenvalue weighted by Crippen LogP contribution is -2.30. The summed E-state index contributed by atoms with van der Waals surface area (Å²) in [5, 5.41) is 2.64. The zero-order valence-corrected chi connectivity index (χ0v) is 15.7. The molecule has 0 aromatic heterocycles. The standard InChI is InChI=1S/C21H20N2O5/c1-3-26-17-10-19-18(27-12-28-19)9-15(17)8-16-20(24)23(21(25)22-16)11-14-6-4-13(2)5-7-14/h4-10H,3,11-12H2,1-2H3,(H,22,25)/b16-8+. The summed E-state index contributed by atoms with van der Waals surface area (Å²) < 4.78 is 16.4.